The van der Waals surface area contributed by atoms with Crippen LogP contribution in [0.25, 0.3) is 0 Å². The van der Waals surface area contributed by atoms with Gasteiger partial charge in [0.25, 0.3) is 0 Å². The van der Waals surface area contributed by atoms with E-state index in [0.29, 0.717) is 17.8 Å². The Morgan fingerprint density at radius 3 is 2.62 bits per heavy atom. The van der Waals surface area contributed by atoms with Crippen LogP contribution in [0.1, 0.15) is 18.1 Å². The highest BCUT2D eigenvalue weighted by molar-refractivity contribution is 6.01. The Bertz CT molecular complexity index is 439. The quantitative estimate of drug-likeness (QED) is 0.724. The molecule has 1 aromatic rings. The van der Waals surface area contributed by atoms with Gasteiger partial charge in [0.2, 0.25) is 5.91 Å². The maximum absolute atomic E-state index is 12.5. The molecule has 5 heteroatoms. The highest BCUT2D eigenvalue weighted by Gasteiger charge is 2.34. The molecule has 2 nitrogen and oxygen atoms in total. The lowest BCUT2D eigenvalue weighted by Crippen LogP contribution is -2.26. The van der Waals surface area contributed by atoms with E-state index in [9.17, 15) is 18.0 Å². The van der Waals surface area contributed by atoms with Gasteiger partial charge in [-0.05, 0) is 24.6 Å². The molecule has 0 aliphatic carbocycles. The van der Waals surface area contributed by atoms with Gasteiger partial charge in [-0.3, -0.25) is 4.79 Å². The summed E-state index contributed by atoms with van der Waals surface area (Å²) in [6.07, 6.45) is -4.17. The fraction of sp³-hybridized carbons (Fsp3) is 0.364. The highest BCUT2D eigenvalue weighted by Crippen LogP contribution is 2.36. The van der Waals surface area contributed by atoms with Gasteiger partial charge in [-0.25, -0.2) is 0 Å². The average Bonchev–Trinajstić information content (AvgIpc) is 2.50. The van der Waals surface area contributed by atoms with Crippen molar-refractivity contribution < 1.29 is 18.0 Å². The van der Waals surface area contributed by atoms with Crippen LogP contribution < -0.4 is 4.90 Å². The van der Waals surface area contributed by atoms with Gasteiger partial charge in [-0.15, -0.1) is 0 Å². The SMILES string of the molecule is CCN1C(=O)Cc2ccc(C(F)(F)F)cc21. The summed E-state index contributed by atoms with van der Waals surface area (Å²) < 4.78 is 37.4. The number of fused-ring (bicyclic) bond motifs is 1. The summed E-state index contributed by atoms with van der Waals surface area (Å²) >= 11 is 0. The Balaban J connectivity index is 2.47. The summed E-state index contributed by atoms with van der Waals surface area (Å²) in [6, 6.07) is 3.45. The first-order valence-electron chi connectivity index (χ1n) is 4.94. The van der Waals surface area contributed by atoms with Gasteiger partial charge in [0.05, 0.1) is 12.0 Å². The minimum absolute atomic E-state index is 0.142. The lowest BCUT2D eigenvalue weighted by molar-refractivity contribution is -0.137. The molecule has 0 spiro atoms. The molecule has 0 N–H and O–H groups in total. The van der Waals surface area contributed by atoms with Crippen molar-refractivity contribution >= 4 is 11.6 Å². The number of alkyl halides is 3. The third-order valence-electron chi connectivity index (χ3n) is 2.66. The molecule has 0 saturated heterocycles. The van der Waals surface area contributed by atoms with Crippen molar-refractivity contribution in [2.24, 2.45) is 0 Å². The Morgan fingerprint density at radius 1 is 1.38 bits per heavy atom. The summed E-state index contributed by atoms with van der Waals surface area (Å²) in [7, 11) is 0. The van der Waals surface area contributed by atoms with Crippen molar-refractivity contribution in [1.82, 2.24) is 0 Å². The summed E-state index contributed by atoms with van der Waals surface area (Å²) in [5, 5.41) is 0. The number of carbonyl (C=O) groups excluding carboxylic acids is 1. The van der Waals surface area contributed by atoms with Gasteiger partial charge < -0.3 is 4.90 Å². The Morgan fingerprint density at radius 2 is 2.06 bits per heavy atom. The van der Waals surface area contributed by atoms with E-state index in [0.717, 1.165) is 12.1 Å². The molecule has 0 radical (unpaired) electrons. The molecule has 0 saturated carbocycles. The zero-order valence-electron chi connectivity index (χ0n) is 8.64. The summed E-state index contributed by atoms with van der Waals surface area (Å²) in [4.78, 5) is 12.8. The van der Waals surface area contributed by atoms with Crippen molar-refractivity contribution in [1.29, 1.82) is 0 Å². The number of hydrogen-bond acceptors (Lipinski definition) is 1. The zero-order chi connectivity index (χ0) is 11.9. The molecule has 1 amide bonds. The van der Waals surface area contributed by atoms with Crippen molar-refractivity contribution in [2.75, 3.05) is 11.4 Å². The second-order valence-electron chi connectivity index (χ2n) is 3.66. The molecule has 0 bridgehead atoms. The molecule has 1 aromatic carbocycles. The van der Waals surface area contributed by atoms with Crippen LogP contribution in [0.3, 0.4) is 0 Å². The van der Waals surface area contributed by atoms with Crippen LogP contribution in [0.5, 0.6) is 0 Å². The van der Waals surface area contributed by atoms with Gasteiger partial charge in [0.1, 0.15) is 0 Å². The Hall–Kier alpha value is -1.52. The number of nitrogens with zero attached hydrogens (tertiary/aromatic N) is 1. The van der Waals surface area contributed by atoms with Crippen LogP contribution in [0, 0.1) is 0 Å². The molecule has 1 aliphatic heterocycles. The van der Waals surface area contributed by atoms with Crippen LogP contribution in [0.4, 0.5) is 18.9 Å². The van der Waals surface area contributed by atoms with E-state index < -0.39 is 11.7 Å². The second-order valence-corrected chi connectivity index (χ2v) is 3.66. The molecule has 0 unspecified atom stereocenters. The lowest BCUT2D eigenvalue weighted by atomic mass is 10.1. The van der Waals surface area contributed by atoms with Crippen LogP contribution >= 0.6 is 0 Å². The predicted octanol–water partition coefficient (Wildman–Crippen LogP) is 2.61. The van der Waals surface area contributed by atoms with E-state index in [1.165, 1.54) is 11.0 Å². The van der Waals surface area contributed by atoms with E-state index in [1.807, 2.05) is 0 Å². The van der Waals surface area contributed by atoms with Crippen LogP contribution in [0.2, 0.25) is 0 Å². The fourth-order valence-corrected chi connectivity index (χ4v) is 1.88. The fourth-order valence-electron chi connectivity index (χ4n) is 1.88. The van der Waals surface area contributed by atoms with E-state index in [4.69, 9.17) is 0 Å². The Kier molecular flexibility index (Phi) is 2.40. The minimum Gasteiger partial charge on any atom is -0.312 e. The average molecular weight is 229 g/mol. The van der Waals surface area contributed by atoms with Gasteiger partial charge in [-0.2, -0.15) is 13.2 Å². The third-order valence-corrected chi connectivity index (χ3v) is 2.66. The number of likely N-dealkylation sites (N-methyl/N-ethyl adjacent to an activating group) is 1. The highest BCUT2D eigenvalue weighted by atomic mass is 19.4. The van der Waals surface area contributed by atoms with Crippen LogP contribution in [-0.4, -0.2) is 12.5 Å². The number of rotatable bonds is 1. The summed E-state index contributed by atoms with van der Waals surface area (Å²) in [5.41, 5.74) is 0.349. The topological polar surface area (TPSA) is 20.3 Å². The molecule has 0 atom stereocenters. The molecule has 1 aliphatic rings. The maximum Gasteiger partial charge on any atom is 0.416 e. The monoisotopic (exact) mass is 229 g/mol. The maximum atomic E-state index is 12.5. The van der Waals surface area contributed by atoms with Crippen LogP contribution in [-0.2, 0) is 17.4 Å². The van der Waals surface area contributed by atoms with E-state index in [2.05, 4.69) is 0 Å². The predicted molar refractivity (Wildman–Crippen MR) is 53.2 cm³/mol. The lowest BCUT2D eigenvalue weighted by Gasteiger charge is -2.16. The number of benzene rings is 1. The van der Waals surface area contributed by atoms with Crippen molar-refractivity contribution in [3.63, 3.8) is 0 Å². The van der Waals surface area contributed by atoms with E-state index in [1.54, 1.807) is 6.92 Å². The third kappa shape index (κ3) is 1.66. The van der Waals surface area contributed by atoms with Gasteiger partial charge in [-0.1, -0.05) is 6.07 Å². The zero-order valence-corrected chi connectivity index (χ0v) is 8.64. The molecular weight excluding hydrogens is 219 g/mol. The molecule has 86 valence electrons. The number of halogens is 3. The number of amides is 1. The number of carbonyl (C=O) groups is 1. The van der Waals surface area contributed by atoms with Gasteiger partial charge in [0, 0.05) is 12.2 Å². The van der Waals surface area contributed by atoms with Gasteiger partial charge in [0.15, 0.2) is 0 Å². The summed E-state index contributed by atoms with van der Waals surface area (Å²) in [5.74, 6) is -0.142. The normalized spacial score (nSPS) is 15.5. The van der Waals surface area contributed by atoms with Crippen molar-refractivity contribution in [3.05, 3.63) is 29.3 Å². The molecule has 0 aromatic heterocycles. The Labute approximate surface area is 90.7 Å². The molecule has 16 heavy (non-hydrogen) atoms. The van der Waals surface area contributed by atoms with E-state index >= 15 is 0 Å². The van der Waals surface area contributed by atoms with Crippen molar-refractivity contribution in [2.45, 2.75) is 19.5 Å². The number of anilines is 1. The molecule has 2 rings (SSSR count). The van der Waals surface area contributed by atoms with Crippen molar-refractivity contribution in [3.8, 4) is 0 Å². The largest absolute Gasteiger partial charge is 0.416 e. The number of hydrogen-bond donors (Lipinski definition) is 0. The smallest absolute Gasteiger partial charge is 0.312 e. The summed E-state index contributed by atoms with van der Waals surface area (Å²) in [6.45, 7) is 2.14. The molecule has 1 heterocycles. The molecule has 0 fully saturated rings. The van der Waals surface area contributed by atoms with Gasteiger partial charge >= 0.3 is 6.18 Å². The first-order valence-corrected chi connectivity index (χ1v) is 4.94. The van der Waals surface area contributed by atoms with E-state index in [-0.39, 0.29) is 12.3 Å². The molecular formula is C11H10F3NO. The first kappa shape index (κ1) is 11.0. The minimum atomic E-state index is -4.36. The standard InChI is InChI=1S/C11H10F3NO/c1-2-15-9-6-8(11(12,13)14)4-3-7(9)5-10(15)16/h3-4,6H,2,5H2,1H3. The second kappa shape index (κ2) is 3.50. The van der Waals surface area contributed by atoms with Crippen LogP contribution in [0.15, 0.2) is 18.2 Å². The first-order chi connectivity index (χ1) is 7.43.